The SMILES string of the molecule is Cc1ccc([C@H]2/C(=C(\O)c3ccccc3)C(=O)C(=O)N2c2cccc(C)c2)cc1. The van der Waals surface area contributed by atoms with Gasteiger partial charge in [-0.25, -0.2) is 0 Å². The molecule has 0 spiro atoms. The second kappa shape index (κ2) is 7.40. The molecule has 144 valence electrons. The van der Waals surface area contributed by atoms with Crippen LogP contribution < -0.4 is 4.90 Å². The Hall–Kier alpha value is -3.66. The summed E-state index contributed by atoms with van der Waals surface area (Å²) in [4.78, 5) is 27.6. The lowest BCUT2D eigenvalue weighted by Crippen LogP contribution is -2.29. The molecule has 1 amide bonds. The zero-order chi connectivity index (χ0) is 20.5. The third-order valence-corrected chi connectivity index (χ3v) is 5.16. The number of aryl methyl sites for hydroxylation is 2. The van der Waals surface area contributed by atoms with Crippen molar-refractivity contribution in [3.8, 4) is 0 Å². The fourth-order valence-electron chi connectivity index (χ4n) is 3.69. The highest BCUT2D eigenvalue weighted by molar-refractivity contribution is 6.51. The van der Waals surface area contributed by atoms with Crippen LogP contribution in [0.15, 0.2) is 84.4 Å². The summed E-state index contributed by atoms with van der Waals surface area (Å²) in [5.41, 5.74) is 4.07. The van der Waals surface area contributed by atoms with Gasteiger partial charge in [0.05, 0.1) is 11.6 Å². The number of Topliss-reactive ketones (excluding diaryl/α,β-unsaturated/α-hetero) is 1. The molecule has 0 aromatic heterocycles. The number of benzene rings is 3. The number of rotatable bonds is 3. The molecule has 3 aromatic carbocycles. The van der Waals surface area contributed by atoms with E-state index >= 15 is 0 Å². The molecule has 1 saturated heterocycles. The molecule has 1 fully saturated rings. The summed E-state index contributed by atoms with van der Waals surface area (Å²) >= 11 is 0. The van der Waals surface area contributed by atoms with Crippen LogP contribution >= 0.6 is 0 Å². The van der Waals surface area contributed by atoms with E-state index in [1.807, 2.05) is 68.4 Å². The van der Waals surface area contributed by atoms with Crippen LogP contribution in [0.25, 0.3) is 5.76 Å². The average Bonchev–Trinajstić information content (AvgIpc) is 2.99. The van der Waals surface area contributed by atoms with E-state index in [9.17, 15) is 14.7 Å². The number of aliphatic hydroxyl groups excluding tert-OH is 1. The quantitative estimate of drug-likeness (QED) is 0.396. The van der Waals surface area contributed by atoms with E-state index in [0.29, 0.717) is 11.3 Å². The fourth-order valence-corrected chi connectivity index (χ4v) is 3.69. The number of carbonyl (C=O) groups is 2. The molecular formula is C25H21NO3. The molecule has 1 N–H and O–H groups in total. The van der Waals surface area contributed by atoms with Crippen LogP contribution in [0.2, 0.25) is 0 Å². The van der Waals surface area contributed by atoms with Crippen molar-refractivity contribution in [2.24, 2.45) is 0 Å². The Kier molecular flexibility index (Phi) is 4.77. The van der Waals surface area contributed by atoms with Gasteiger partial charge in [0.15, 0.2) is 0 Å². The number of nitrogens with zero attached hydrogens (tertiary/aromatic N) is 1. The Morgan fingerprint density at radius 2 is 1.52 bits per heavy atom. The van der Waals surface area contributed by atoms with Gasteiger partial charge in [0.2, 0.25) is 0 Å². The van der Waals surface area contributed by atoms with E-state index in [1.165, 1.54) is 4.90 Å². The molecule has 4 heteroatoms. The molecular weight excluding hydrogens is 362 g/mol. The van der Waals surface area contributed by atoms with E-state index < -0.39 is 17.7 Å². The minimum absolute atomic E-state index is 0.103. The van der Waals surface area contributed by atoms with Gasteiger partial charge in [0, 0.05) is 11.3 Å². The van der Waals surface area contributed by atoms with Crippen LogP contribution in [0.1, 0.15) is 28.3 Å². The lowest BCUT2D eigenvalue weighted by Gasteiger charge is -2.25. The predicted octanol–water partition coefficient (Wildman–Crippen LogP) is 4.93. The molecule has 3 aromatic rings. The molecule has 4 rings (SSSR count). The summed E-state index contributed by atoms with van der Waals surface area (Å²) in [7, 11) is 0. The summed E-state index contributed by atoms with van der Waals surface area (Å²) in [6, 6.07) is 23.3. The molecule has 1 heterocycles. The molecule has 0 bridgehead atoms. The van der Waals surface area contributed by atoms with Crippen LogP contribution in [-0.4, -0.2) is 16.8 Å². The molecule has 0 saturated carbocycles. The van der Waals surface area contributed by atoms with Gasteiger partial charge in [0.25, 0.3) is 11.7 Å². The number of hydrogen-bond donors (Lipinski definition) is 1. The molecule has 4 nitrogen and oxygen atoms in total. The third-order valence-electron chi connectivity index (χ3n) is 5.16. The second-order valence-electron chi connectivity index (χ2n) is 7.28. The first-order chi connectivity index (χ1) is 14.0. The number of hydrogen-bond acceptors (Lipinski definition) is 3. The van der Waals surface area contributed by atoms with Crippen molar-refractivity contribution in [2.75, 3.05) is 4.90 Å². The van der Waals surface area contributed by atoms with Crippen molar-refractivity contribution in [1.82, 2.24) is 0 Å². The van der Waals surface area contributed by atoms with Crippen molar-refractivity contribution in [3.63, 3.8) is 0 Å². The highest BCUT2D eigenvalue weighted by Crippen LogP contribution is 2.42. The van der Waals surface area contributed by atoms with Crippen LogP contribution in [0.4, 0.5) is 5.69 Å². The lowest BCUT2D eigenvalue weighted by atomic mass is 9.94. The van der Waals surface area contributed by atoms with E-state index in [-0.39, 0.29) is 11.3 Å². The normalized spacial score (nSPS) is 18.3. The van der Waals surface area contributed by atoms with Gasteiger partial charge < -0.3 is 5.11 Å². The monoisotopic (exact) mass is 383 g/mol. The summed E-state index contributed by atoms with van der Waals surface area (Å²) < 4.78 is 0. The number of amides is 1. The summed E-state index contributed by atoms with van der Waals surface area (Å²) in [5, 5.41) is 11.0. The summed E-state index contributed by atoms with van der Waals surface area (Å²) in [6.45, 7) is 3.91. The van der Waals surface area contributed by atoms with Gasteiger partial charge in [-0.2, -0.15) is 0 Å². The maximum atomic E-state index is 13.0. The van der Waals surface area contributed by atoms with Crippen molar-refractivity contribution >= 4 is 23.1 Å². The Morgan fingerprint density at radius 3 is 2.17 bits per heavy atom. The first-order valence-corrected chi connectivity index (χ1v) is 9.47. The first-order valence-electron chi connectivity index (χ1n) is 9.47. The lowest BCUT2D eigenvalue weighted by molar-refractivity contribution is -0.132. The summed E-state index contributed by atoms with van der Waals surface area (Å²) in [6.07, 6.45) is 0. The van der Waals surface area contributed by atoms with E-state index in [4.69, 9.17) is 0 Å². The molecule has 29 heavy (non-hydrogen) atoms. The number of aliphatic hydroxyl groups is 1. The fraction of sp³-hybridized carbons (Fsp3) is 0.120. The van der Waals surface area contributed by atoms with E-state index in [0.717, 1.165) is 16.7 Å². The van der Waals surface area contributed by atoms with E-state index in [2.05, 4.69) is 0 Å². The number of carbonyl (C=O) groups excluding carboxylic acids is 2. The second-order valence-corrected chi connectivity index (χ2v) is 7.28. The maximum absolute atomic E-state index is 13.0. The van der Waals surface area contributed by atoms with Crippen LogP contribution in [0, 0.1) is 13.8 Å². The third kappa shape index (κ3) is 3.34. The van der Waals surface area contributed by atoms with Gasteiger partial charge in [0.1, 0.15) is 5.76 Å². The Bertz CT molecular complexity index is 1110. The standard InChI is InChI=1S/C25H21NO3/c1-16-11-13-18(14-12-16)22-21(23(27)19-8-4-3-5-9-19)24(28)25(29)26(22)20-10-6-7-17(2)15-20/h3-15,22,27H,1-2H3/b23-21+/t22-/m0/s1. The zero-order valence-corrected chi connectivity index (χ0v) is 16.3. The first kappa shape index (κ1) is 18.7. The Morgan fingerprint density at radius 1 is 0.828 bits per heavy atom. The van der Waals surface area contributed by atoms with Crippen molar-refractivity contribution in [1.29, 1.82) is 0 Å². The topological polar surface area (TPSA) is 57.6 Å². The Labute approximate surface area is 169 Å². The summed E-state index contributed by atoms with van der Waals surface area (Å²) in [5.74, 6) is -1.48. The van der Waals surface area contributed by atoms with Crippen LogP contribution in [0.3, 0.4) is 0 Å². The predicted molar refractivity (Wildman–Crippen MR) is 114 cm³/mol. The molecule has 0 unspecified atom stereocenters. The largest absolute Gasteiger partial charge is 0.507 e. The zero-order valence-electron chi connectivity index (χ0n) is 16.3. The minimum atomic E-state index is -0.697. The smallest absolute Gasteiger partial charge is 0.300 e. The molecule has 1 aliphatic rings. The highest BCUT2D eigenvalue weighted by Gasteiger charge is 2.46. The van der Waals surface area contributed by atoms with Gasteiger partial charge >= 0.3 is 0 Å². The molecule has 1 atom stereocenters. The van der Waals surface area contributed by atoms with Crippen LogP contribution in [-0.2, 0) is 9.59 Å². The van der Waals surface area contributed by atoms with Crippen LogP contribution in [0.5, 0.6) is 0 Å². The number of ketones is 1. The van der Waals surface area contributed by atoms with Crippen molar-refractivity contribution in [2.45, 2.75) is 19.9 Å². The molecule has 0 aliphatic carbocycles. The van der Waals surface area contributed by atoms with Gasteiger partial charge in [-0.1, -0.05) is 72.3 Å². The van der Waals surface area contributed by atoms with Gasteiger partial charge in [-0.05, 0) is 37.1 Å². The highest BCUT2D eigenvalue weighted by atomic mass is 16.3. The Balaban J connectivity index is 1.96. The number of anilines is 1. The van der Waals surface area contributed by atoms with Gasteiger partial charge in [-0.15, -0.1) is 0 Å². The molecule has 1 aliphatic heterocycles. The minimum Gasteiger partial charge on any atom is -0.507 e. The maximum Gasteiger partial charge on any atom is 0.300 e. The van der Waals surface area contributed by atoms with Crippen molar-refractivity contribution in [3.05, 3.63) is 107 Å². The average molecular weight is 383 g/mol. The van der Waals surface area contributed by atoms with Crippen molar-refractivity contribution < 1.29 is 14.7 Å². The molecule has 0 radical (unpaired) electrons. The van der Waals surface area contributed by atoms with Gasteiger partial charge in [-0.3, -0.25) is 14.5 Å². The van der Waals surface area contributed by atoms with E-state index in [1.54, 1.807) is 24.3 Å².